The summed E-state index contributed by atoms with van der Waals surface area (Å²) in [6.45, 7) is 4.38. The van der Waals surface area contributed by atoms with Crippen LogP contribution in [0.1, 0.15) is 63.6 Å². The fraction of sp³-hybridized carbons (Fsp3) is 0.800. The van der Waals surface area contributed by atoms with Crippen LogP contribution in [0.4, 0.5) is 5.13 Å². The number of nitrogens with zero attached hydrogens (tertiary/aromatic N) is 2. The van der Waals surface area contributed by atoms with E-state index in [4.69, 9.17) is 5.73 Å². The third kappa shape index (κ3) is 2.79. The number of piperidine rings is 1. The Hall–Kier alpha value is -0.610. The van der Waals surface area contributed by atoms with Gasteiger partial charge >= 0.3 is 0 Å². The second-order valence-corrected chi connectivity index (χ2v) is 7.23. The van der Waals surface area contributed by atoms with Crippen LogP contribution in [0.3, 0.4) is 0 Å². The van der Waals surface area contributed by atoms with Gasteiger partial charge in [0.2, 0.25) is 0 Å². The van der Waals surface area contributed by atoms with E-state index in [2.05, 4.69) is 15.3 Å². The van der Waals surface area contributed by atoms with Crippen LogP contribution < -0.4 is 10.6 Å². The molecule has 1 atom stereocenters. The third-order valence-corrected chi connectivity index (χ3v) is 5.90. The summed E-state index contributed by atoms with van der Waals surface area (Å²) in [5, 5.41) is 3.29. The molecular formula is C15H25N3S. The van der Waals surface area contributed by atoms with E-state index in [0.717, 1.165) is 5.69 Å². The average Bonchev–Trinajstić information content (AvgIpc) is 2.90. The average molecular weight is 279 g/mol. The van der Waals surface area contributed by atoms with Crippen LogP contribution in [0.25, 0.3) is 0 Å². The van der Waals surface area contributed by atoms with E-state index < -0.39 is 0 Å². The SMILES string of the molecule is CC(N)c1csc(N2CCC3(CCCCC3)CC2)n1. The van der Waals surface area contributed by atoms with Gasteiger partial charge in [-0.25, -0.2) is 4.98 Å². The van der Waals surface area contributed by atoms with Crippen molar-refractivity contribution in [2.24, 2.45) is 11.1 Å². The zero-order valence-electron chi connectivity index (χ0n) is 11.9. The minimum Gasteiger partial charge on any atom is -0.348 e. The fourth-order valence-corrected chi connectivity index (χ4v) is 4.59. The molecule has 2 heterocycles. The summed E-state index contributed by atoms with van der Waals surface area (Å²) in [6, 6.07) is 0.0551. The van der Waals surface area contributed by atoms with Gasteiger partial charge in [0.15, 0.2) is 5.13 Å². The van der Waals surface area contributed by atoms with Gasteiger partial charge in [-0.05, 0) is 38.0 Å². The van der Waals surface area contributed by atoms with E-state index in [1.54, 1.807) is 11.3 Å². The largest absolute Gasteiger partial charge is 0.348 e. The Labute approximate surface area is 120 Å². The molecule has 0 bridgehead atoms. The van der Waals surface area contributed by atoms with Crippen molar-refractivity contribution in [3.05, 3.63) is 11.1 Å². The first-order valence-electron chi connectivity index (χ1n) is 7.65. The second-order valence-electron chi connectivity index (χ2n) is 6.39. The molecule has 2 fully saturated rings. The zero-order valence-corrected chi connectivity index (χ0v) is 12.7. The first-order chi connectivity index (χ1) is 9.19. The van der Waals surface area contributed by atoms with E-state index in [1.165, 1.54) is 63.2 Å². The summed E-state index contributed by atoms with van der Waals surface area (Å²) in [7, 11) is 0. The van der Waals surface area contributed by atoms with Gasteiger partial charge in [0, 0.05) is 24.5 Å². The lowest BCUT2D eigenvalue weighted by Crippen LogP contribution is -2.41. The van der Waals surface area contributed by atoms with Crippen molar-refractivity contribution >= 4 is 16.5 Å². The van der Waals surface area contributed by atoms with Gasteiger partial charge in [0.1, 0.15) is 0 Å². The summed E-state index contributed by atoms with van der Waals surface area (Å²) in [5.74, 6) is 0. The summed E-state index contributed by atoms with van der Waals surface area (Å²) in [6.07, 6.45) is 10.0. The van der Waals surface area contributed by atoms with Crippen LogP contribution in [0.15, 0.2) is 5.38 Å². The van der Waals surface area contributed by atoms with Gasteiger partial charge in [-0.2, -0.15) is 0 Å². The lowest BCUT2D eigenvalue weighted by molar-refractivity contribution is 0.144. The van der Waals surface area contributed by atoms with E-state index in [0.29, 0.717) is 5.41 Å². The normalized spacial score (nSPS) is 24.6. The molecule has 1 aliphatic carbocycles. The highest BCUT2D eigenvalue weighted by Gasteiger charge is 2.36. The molecule has 0 aromatic carbocycles. The molecule has 4 heteroatoms. The highest BCUT2D eigenvalue weighted by molar-refractivity contribution is 7.13. The molecule has 0 radical (unpaired) electrons. The van der Waals surface area contributed by atoms with Crippen molar-refractivity contribution in [1.29, 1.82) is 0 Å². The molecule has 106 valence electrons. The summed E-state index contributed by atoms with van der Waals surface area (Å²) < 4.78 is 0. The molecule has 1 saturated carbocycles. The number of hydrogen-bond donors (Lipinski definition) is 1. The van der Waals surface area contributed by atoms with Crippen molar-refractivity contribution in [2.45, 2.75) is 57.9 Å². The molecule has 1 saturated heterocycles. The van der Waals surface area contributed by atoms with Crippen LogP contribution in [-0.4, -0.2) is 18.1 Å². The zero-order chi connectivity index (χ0) is 13.3. The topological polar surface area (TPSA) is 42.1 Å². The Bertz CT molecular complexity index is 411. The maximum absolute atomic E-state index is 5.89. The number of aromatic nitrogens is 1. The lowest BCUT2D eigenvalue weighted by Gasteiger charge is -2.44. The number of anilines is 1. The third-order valence-electron chi connectivity index (χ3n) is 4.99. The van der Waals surface area contributed by atoms with Crippen molar-refractivity contribution in [3.8, 4) is 0 Å². The van der Waals surface area contributed by atoms with Crippen LogP contribution in [-0.2, 0) is 0 Å². The molecule has 0 amide bonds. The monoisotopic (exact) mass is 279 g/mol. The highest BCUT2D eigenvalue weighted by atomic mass is 32.1. The summed E-state index contributed by atoms with van der Waals surface area (Å²) in [4.78, 5) is 7.16. The molecule has 1 aromatic rings. The molecule has 1 spiro atoms. The van der Waals surface area contributed by atoms with Gasteiger partial charge in [-0.15, -0.1) is 11.3 Å². The van der Waals surface area contributed by atoms with Crippen molar-refractivity contribution < 1.29 is 0 Å². The van der Waals surface area contributed by atoms with Crippen molar-refractivity contribution in [1.82, 2.24) is 4.98 Å². The lowest BCUT2D eigenvalue weighted by atomic mass is 9.68. The van der Waals surface area contributed by atoms with Gasteiger partial charge in [0.05, 0.1) is 5.69 Å². The molecule has 3 nitrogen and oxygen atoms in total. The van der Waals surface area contributed by atoms with Crippen molar-refractivity contribution in [3.63, 3.8) is 0 Å². The van der Waals surface area contributed by atoms with Crippen molar-refractivity contribution in [2.75, 3.05) is 18.0 Å². The van der Waals surface area contributed by atoms with E-state index >= 15 is 0 Å². The predicted octanol–water partition coefficient (Wildman–Crippen LogP) is 3.71. The number of thiazole rings is 1. The number of rotatable bonds is 2. The molecule has 1 aliphatic heterocycles. The van der Waals surface area contributed by atoms with E-state index in [9.17, 15) is 0 Å². The standard InChI is InChI=1S/C15H25N3S/c1-12(16)13-11-19-14(17-13)18-9-7-15(8-10-18)5-3-2-4-6-15/h11-12H,2-10,16H2,1H3. The Morgan fingerprint density at radius 1 is 1.21 bits per heavy atom. The first-order valence-corrected chi connectivity index (χ1v) is 8.53. The molecular weight excluding hydrogens is 254 g/mol. The summed E-state index contributed by atoms with van der Waals surface area (Å²) in [5.41, 5.74) is 7.61. The Kier molecular flexibility index (Phi) is 3.81. The predicted molar refractivity (Wildman–Crippen MR) is 81.7 cm³/mol. The van der Waals surface area contributed by atoms with Gasteiger partial charge < -0.3 is 10.6 Å². The highest BCUT2D eigenvalue weighted by Crippen LogP contribution is 2.45. The van der Waals surface area contributed by atoms with Crippen LogP contribution >= 0.6 is 11.3 Å². The Balaban J connectivity index is 1.62. The smallest absolute Gasteiger partial charge is 0.185 e. The fourth-order valence-electron chi connectivity index (χ4n) is 3.60. The minimum atomic E-state index is 0.0551. The van der Waals surface area contributed by atoms with Gasteiger partial charge in [-0.3, -0.25) is 0 Å². The Morgan fingerprint density at radius 2 is 1.89 bits per heavy atom. The maximum atomic E-state index is 5.89. The molecule has 19 heavy (non-hydrogen) atoms. The second kappa shape index (κ2) is 5.41. The maximum Gasteiger partial charge on any atom is 0.185 e. The van der Waals surface area contributed by atoms with E-state index in [1.807, 2.05) is 6.92 Å². The number of hydrogen-bond acceptors (Lipinski definition) is 4. The van der Waals surface area contributed by atoms with E-state index in [-0.39, 0.29) is 6.04 Å². The van der Waals surface area contributed by atoms with Gasteiger partial charge in [0.25, 0.3) is 0 Å². The van der Waals surface area contributed by atoms with Crippen LogP contribution in [0.5, 0.6) is 0 Å². The quantitative estimate of drug-likeness (QED) is 0.897. The van der Waals surface area contributed by atoms with Crippen LogP contribution in [0.2, 0.25) is 0 Å². The molecule has 1 aromatic heterocycles. The van der Waals surface area contributed by atoms with Gasteiger partial charge in [-0.1, -0.05) is 19.3 Å². The molecule has 1 unspecified atom stereocenters. The minimum absolute atomic E-state index is 0.0551. The molecule has 3 rings (SSSR count). The van der Waals surface area contributed by atoms with Crippen LogP contribution in [0, 0.1) is 5.41 Å². The summed E-state index contributed by atoms with van der Waals surface area (Å²) >= 11 is 1.75. The molecule has 2 N–H and O–H groups in total. The number of nitrogens with two attached hydrogens (primary N) is 1. The molecule has 2 aliphatic rings. The first kappa shape index (κ1) is 13.4. The Morgan fingerprint density at radius 3 is 2.47 bits per heavy atom.